The minimum absolute atomic E-state index is 0.0283. The molecule has 0 bridgehead atoms. The lowest BCUT2D eigenvalue weighted by Crippen LogP contribution is -2.46. The van der Waals surface area contributed by atoms with Crippen molar-refractivity contribution in [1.29, 1.82) is 0 Å². The Bertz CT molecular complexity index is 967. The molecule has 0 unspecified atom stereocenters. The highest BCUT2D eigenvalue weighted by Gasteiger charge is 2.28. The van der Waals surface area contributed by atoms with E-state index in [9.17, 15) is 18.0 Å². The fraction of sp³-hybridized carbons (Fsp3) is 0.368. The molecule has 0 fully saturated rings. The molecule has 2 N–H and O–H groups in total. The molecule has 1 aliphatic heterocycles. The number of aryl methyl sites for hydroxylation is 1. The van der Waals surface area contributed by atoms with Gasteiger partial charge in [-0.25, -0.2) is 13.1 Å². The SMILES string of the molecule is Cc1ccc(S(=O)(=O)NCC(=O)NCC(=O)N2CCc3sccc3[C@@H]2C)cc1. The Labute approximate surface area is 168 Å². The Morgan fingerprint density at radius 3 is 2.61 bits per heavy atom. The molecule has 0 saturated heterocycles. The molecule has 1 aromatic carbocycles. The summed E-state index contributed by atoms with van der Waals surface area (Å²) in [7, 11) is -3.77. The standard InChI is InChI=1S/C19H23N3O4S2/c1-13-3-5-15(6-4-13)28(25,26)21-11-18(23)20-12-19(24)22-9-7-17-16(14(22)2)8-10-27-17/h3-6,8,10,14,21H,7,9,11-12H2,1-2H3,(H,20,23)/t14-/m0/s1. The average Bonchev–Trinajstić information content (AvgIpc) is 3.15. The summed E-state index contributed by atoms with van der Waals surface area (Å²) in [4.78, 5) is 27.6. The number of nitrogens with zero attached hydrogens (tertiary/aromatic N) is 1. The van der Waals surface area contributed by atoms with Gasteiger partial charge in [-0.2, -0.15) is 0 Å². The molecule has 28 heavy (non-hydrogen) atoms. The van der Waals surface area contributed by atoms with Gasteiger partial charge in [0.15, 0.2) is 0 Å². The molecule has 0 saturated carbocycles. The first kappa shape index (κ1) is 20.5. The maximum absolute atomic E-state index is 12.5. The van der Waals surface area contributed by atoms with Gasteiger partial charge >= 0.3 is 0 Å². The predicted octanol–water partition coefficient (Wildman–Crippen LogP) is 1.60. The highest BCUT2D eigenvalue weighted by molar-refractivity contribution is 7.89. The second-order valence-electron chi connectivity index (χ2n) is 6.73. The third-order valence-electron chi connectivity index (χ3n) is 4.79. The van der Waals surface area contributed by atoms with Crippen molar-refractivity contribution in [3.63, 3.8) is 0 Å². The number of thiophene rings is 1. The Balaban J connectivity index is 1.49. The summed E-state index contributed by atoms with van der Waals surface area (Å²) in [5.41, 5.74) is 2.10. The Hall–Kier alpha value is -2.23. The average molecular weight is 422 g/mol. The maximum Gasteiger partial charge on any atom is 0.242 e. The number of carbonyl (C=O) groups excluding carboxylic acids is 2. The van der Waals surface area contributed by atoms with Crippen LogP contribution in [-0.4, -0.2) is 44.8 Å². The fourth-order valence-electron chi connectivity index (χ4n) is 3.15. The van der Waals surface area contributed by atoms with Gasteiger partial charge in [0, 0.05) is 11.4 Å². The summed E-state index contributed by atoms with van der Waals surface area (Å²) >= 11 is 1.70. The van der Waals surface area contributed by atoms with E-state index in [4.69, 9.17) is 0 Å². The quantitative estimate of drug-likeness (QED) is 0.741. The number of fused-ring (bicyclic) bond motifs is 1. The van der Waals surface area contributed by atoms with Crippen molar-refractivity contribution in [1.82, 2.24) is 14.9 Å². The second-order valence-corrected chi connectivity index (χ2v) is 9.49. The third-order valence-corrected chi connectivity index (χ3v) is 7.20. The van der Waals surface area contributed by atoms with Crippen molar-refractivity contribution in [3.8, 4) is 0 Å². The molecule has 0 radical (unpaired) electrons. The highest BCUT2D eigenvalue weighted by Crippen LogP contribution is 2.32. The number of nitrogens with one attached hydrogen (secondary N) is 2. The first-order chi connectivity index (χ1) is 13.3. The lowest BCUT2D eigenvalue weighted by atomic mass is 10.0. The van der Waals surface area contributed by atoms with Crippen LogP contribution in [0.2, 0.25) is 0 Å². The van der Waals surface area contributed by atoms with Crippen LogP contribution in [0.15, 0.2) is 40.6 Å². The van der Waals surface area contributed by atoms with E-state index < -0.39 is 22.5 Å². The molecule has 1 atom stereocenters. The van der Waals surface area contributed by atoms with E-state index in [1.807, 2.05) is 25.3 Å². The second kappa shape index (κ2) is 8.42. The van der Waals surface area contributed by atoms with Crippen molar-refractivity contribution in [3.05, 3.63) is 51.7 Å². The summed E-state index contributed by atoms with van der Waals surface area (Å²) in [5.74, 6) is -0.732. The number of rotatable bonds is 6. The normalized spacial score (nSPS) is 16.5. The number of benzene rings is 1. The van der Waals surface area contributed by atoms with E-state index in [0.29, 0.717) is 6.54 Å². The molecule has 1 aromatic heterocycles. The van der Waals surface area contributed by atoms with Gasteiger partial charge in [0.05, 0.1) is 24.0 Å². The van der Waals surface area contributed by atoms with Crippen LogP contribution in [-0.2, 0) is 26.0 Å². The summed E-state index contributed by atoms with van der Waals surface area (Å²) in [6, 6.07) is 8.34. The lowest BCUT2D eigenvalue weighted by Gasteiger charge is -2.33. The van der Waals surface area contributed by atoms with Gasteiger partial charge in [0.1, 0.15) is 0 Å². The van der Waals surface area contributed by atoms with Crippen molar-refractivity contribution in [2.24, 2.45) is 0 Å². The van der Waals surface area contributed by atoms with Crippen LogP contribution in [0.25, 0.3) is 0 Å². The van der Waals surface area contributed by atoms with Gasteiger partial charge in [-0.05, 0) is 49.4 Å². The third kappa shape index (κ3) is 4.60. The molecule has 9 heteroatoms. The van der Waals surface area contributed by atoms with Gasteiger partial charge in [-0.1, -0.05) is 17.7 Å². The Morgan fingerprint density at radius 2 is 1.89 bits per heavy atom. The highest BCUT2D eigenvalue weighted by atomic mass is 32.2. The summed E-state index contributed by atoms with van der Waals surface area (Å²) < 4.78 is 26.7. The Kier molecular flexibility index (Phi) is 6.17. The van der Waals surface area contributed by atoms with E-state index in [-0.39, 0.29) is 23.4 Å². The molecule has 0 spiro atoms. The van der Waals surface area contributed by atoms with Crippen LogP contribution in [0.4, 0.5) is 0 Å². The zero-order valence-electron chi connectivity index (χ0n) is 15.8. The summed E-state index contributed by atoms with van der Waals surface area (Å²) in [6.45, 7) is 3.86. The fourth-order valence-corrected chi connectivity index (χ4v) is 5.09. The van der Waals surface area contributed by atoms with E-state index in [2.05, 4.69) is 10.0 Å². The Morgan fingerprint density at radius 1 is 1.18 bits per heavy atom. The van der Waals surface area contributed by atoms with Crippen LogP contribution in [0, 0.1) is 6.92 Å². The molecule has 3 rings (SSSR count). The summed E-state index contributed by atoms with van der Waals surface area (Å²) in [6.07, 6.45) is 0.813. The van der Waals surface area contributed by atoms with E-state index in [1.165, 1.54) is 17.0 Å². The van der Waals surface area contributed by atoms with E-state index in [1.54, 1.807) is 28.4 Å². The predicted molar refractivity (Wildman–Crippen MR) is 108 cm³/mol. The largest absolute Gasteiger partial charge is 0.346 e. The molecule has 2 aromatic rings. The van der Waals surface area contributed by atoms with E-state index in [0.717, 1.165) is 17.5 Å². The minimum Gasteiger partial charge on any atom is -0.346 e. The van der Waals surface area contributed by atoms with Crippen molar-refractivity contribution in [2.45, 2.75) is 31.2 Å². The number of hydrogen-bond acceptors (Lipinski definition) is 5. The lowest BCUT2D eigenvalue weighted by molar-refractivity contribution is -0.134. The zero-order chi connectivity index (χ0) is 20.3. The molecule has 7 nitrogen and oxygen atoms in total. The van der Waals surface area contributed by atoms with Crippen molar-refractivity contribution < 1.29 is 18.0 Å². The molecular weight excluding hydrogens is 398 g/mol. The van der Waals surface area contributed by atoms with Gasteiger partial charge in [-0.3, -0.25) is 9.59 Å². The number of sulfonamides is 1. The monoisotopic (exact) mass is 421 g/mol. The minimum atomic E-state index is -3.77. The number of amides is 2. The first-order valence-corrected chi connectivity index (χ1v) is 11.3. The molecule has 1 aliphatic rings. The first-order valence-electron chi connectivity index (χ1n) is 8.96. The smallest absolute Gasteiger partial charge is 0.242 e. The van der Waals surface area contributed by atoms with Gasteiger partial charge < -0.3 is 10.2 Å². The van der Waals surface area contributed by atoms with Crippen LogP contribution in [0.3, 0.4) is 0 Å². The number of carbonyl (C=O) groups is 2. The topological polar surface area (TPSA) is 95.6 Å². The van der Waals surface area contributed by atoms with Gasteiger partial charge in [0.25, 0.3) is 0 Å². The van der Waals surface area contributed by atoms with Crippen molar-refractivity contribution >= 4 is 33.2 Å². The molecule has 150 valence electrons. The van der Waals surface area contributed by atoms with E-state index >= 15 is 0 Å². The molecule has 0 aliphatic carbocycles. The van der Waals surface area contributed by atoms with Gasteiger partial charge in [0.2, 0.25) is 21.8 Å². The zero-order valence-corrected chi connectivity index (χ0v) is 17.4. The summed E-state index contributed by atoms with van der Waals surface area (Å²) in [5, 5.41) is 4.52. The molecule has 2 heterocycles. The van der Waals surface area contributed by atoms with Crippen LogP contribution >= 0.6 is 11.3 Å². The molecule has 2 amide bonds. The van der Waals surface area contributed by atoms with Crippen LogP contribution < -0.4 is 10.0 Å². The maximum atomic E-state index is 12.5. The van der Waals surface area contributed by atoms with Crippen molar-refractivity contribution in [2.75, 3.05) is 19.6 Å². The van der Waals surface area contributed by atoms with Crippen LogP contribution in [0.5, 0.6) is 0 Å². The van der Waals surface area contributed by atoms with Crippen LogP contribution in [0.1, 0.15) is 29.0 Å². The molecular formula is C19H23N3O4S2. The number of hydrogen-bond donors (Lipinski definition) is 2. The van der Waals surface area contributed by atoms with Gasteiger partial charge in [-0.15, -0.1) is 11.3 Å².